The Balaban J connectivity index is 1.89. The van der Waals surface area contributed by atoms with Crippen LogP contribution >= 0.6 is 0 Å². The fourth-order valence-corrected chi connectivity index (χ4v) is 3.96. The predicted octanol–water partition coefficient (Wildman–Crippen LogP) is 3.57. The second-order valence-corrected chi connectivity index (χ2v) is 7.66. The van der Waals surface area contributed by atoms with E-state index in [0.717, 1.165) is 11.0 Å². The Morgan fingerprint density at radius 2 is 1.88 bits per heavy atom. The Morgan fingerprint density at radius 1 is 1.12 bits per heavy atom. The van der Waals surface area contributed by atoms with E-state index < -0.39 is 10.0 Å². The van der Waals surface area contributed by atoms with Gasteiger partial charge in [-0.1, -0.05) is 18.2 Å². The third kappa shape index (κ3) is 3.02. The Labute approximate surface area is 141 Å². The van der Waals surface area contributed by atoms with E-state index in [9.17, 15) is 8.42 Å². The lowest BCUT2D eigenvalue weighted by Crippen LogP contribution is -2.26. The predicted molar refractivity (Wildman–Crippen MR) is 92.6 cm³/mol. The average Bonchev–Trinajstić information content (AvgIpc) is 2.96. The van der Waals surface area contributed by atoms with Crippen LogP contribution in [0.2, 0.25) is 0 Å². The highest BCUT2D eigenvalue weighted by Crippen LogP contribution is 2.26. The molecule has 0 bridgehead atoms. The molecular formula is C18H19NO4S. The van der Waals surface area contributed by atoms with Crippen LogP contribution in [0.5, 0.6) is 5.75 Å². The molecule has 0 aliphatic carbocycles. The van der Waals surface area contributed by atoms with Crippen LogP contribution in [0.1, 0.15) is 11.3 Å². The first-order chi connectivity index (χ1) is 11.4. The first kappa shape index (κ1) is 16.5. The number of sulfonamides is 1. The van der Waals surface area contributed by atoms with Gasteiger partial charge in [-0.05, 0) is 42.8 Å². The van der Waals surface area contributed by atoms with Gasteiger partial charge in [0, 0.05) is 12.4 Å². The molecule has 5 nitrogen and oxygen atoms in total. The lowest BCUT2D eigenvalue weighted by molar-refractivity contribution is 0.412. The zero-order valence-corrected chi connectivity index (χ0v) is 14.6. The fraction of sp³-hybridized carbons (Fsp3) is 0.222. The number of nitrogens with zero attached hydrogens (tertiary/aromatic N) is 1. The molecule has 0 N–H and O–H groups in total. The van der Waals surface area contributed by atoms with Crippen molar-refractivity contribution < 1.29 is 17.6 Å². The molecule has 126 valence electrons. The fourth-order valence-electron chi connectivity index (χ4n) is 2.63. The van der Waals surface area contributed by atoms with Gasteiger partial charge in [0.15, 0.2) is 0 Å². The molecule has 6 heteroatoms. The normalized spacial score (nSPS) is 12.0. The number of methoxy groups -OCH3 is 1. The Kier molecular flexibility index (Phi) is 4.34. The highest BCUT2D eigenvalue weighted by Gasteiger charge is 2.24. The molecule has 3 rings (SSSR count). The third-order valence-corrected chi connectivity index (χ3v) is 5.89. The van der Waals surface area contributed by atoms with Gasteiger partial charge in [0.1, 0.15) is 17.1 Å². The molecular weight excluding hydrogens is 326 g/mol. The second kappa shape index (κ2) is 6.30. The number of furan rings is 1. The van der Waals surface area contributed by atoms with E-state index >= 15 is 0 Å². The van der Waals surface area contributed by atoms with Crippen molar-refractivity contribution in [1.82, 2.24) is 4.31 Å². The van der Waals surface area contributed by atoms with Gasteiger partial charge in [0.25, 0.3) is 0 Å². The van der Waals surface area contributed by atoms with Crippen molar-refractivity contribution in [1.29, 1.82) is 0 Å². The SMILES string of the molecule is COc1ccc(S(=O)(=O)N(C)Cc2cc3ccccc3o2)c(C)c1. The molecule has 1 heterocycles. The number of fused-ring (bicyclic) bond motifs is 1. The molecule has 1 aromatic heterocycles. The number of benzene rings is 2. The van der Waals surface area contributed by atoms with Crippen LogP contribution < -0.4 is 4.74 Å². The van der Waals surface area contributed by atoms with Gasteiger partial charge in [-0.25, -0.2) is 8.42 Å². The van der Waals surface area contributed by atoms with Crippen LogP contribution in [0.25, 0.3) is 11.0 Å². The highest BCUT2D eigenvalue weighted by atomic mass is 32.2. The smallest absolute Gasteiger partial charge is 0.243 e. The lowest BCUT2D eigenvalue weighted by Gasteiger charge is -2.17. The zero-order valence-electron chi connectivity index (χ0n) is 13.8. The van der Waals surface area contributed by atoms with Crippen molar-refractivity contribution in [2.75, 3.05) is 14.2 Å². The zero-order chi connectivity index (χ0) is 17.3. The molecule has 0 atom stereocenters. The molecule has 0 unspecified atom stereocenters. The average molecular weight is 345 g/mol. The monoisotopic (exact) mass is 345 g/mol. The summed E-state index contributed by atoms with van der Waals surface area (Å²) in [5.74, 6) is 1.24. The first-order valence-electron chi connectivity index (χ1n) is 7.50. The van der Waals surface area contributed by atoms with Crippen molar-refractivity contribution in [3.05, 3.63) is 59.9 Å². The van der Waals surface area contributed by atoms with E-state index in [4.69, 9.17) is 9.15 Å². The van der Waals surface area contributed by atoms with Gasteiger partial charge < -0.3 is 9.15 Å². The number of hydrogen-bond acceptors (Lipinski definition) is 4. The van der Waals surface area contributed by atoms with E-state index in [1.807, 2.05) is 30.3 Å². The summed E-state index contributed by atoms with van der Waals surface area (Å²) in [7, 11) is -0.512. The summed E-state index contributed by atoms with van der Waals surface area (Å²) in [6.07, 6.45) is 0. The minimum atomic E-state index is -3.61. The largest absolute Gasteiger partial charge is 0.497 e. The molecule has 3 aromatic rings. The second-order valence-electron chi connectivity index (χ2n) is 5.64. The summed E-state index contributed by atoms with van der Waals surface area (Å²) in [6.45, 7) is 1.92. The summed E-state index contributed by atoms with van der Waals surface area (Å²) in [4.78, 5) is 0.266. The Morgan fingerprint density at radius 3 is 2.54 bits per heavy atom. The van der Waals surface area contributed by atoms with Gasteiger partial charge in [0.2, 0.25) is 10.0 Å². The standard InChI is InChI=1S/C18H19NO4S/c1-13-10-15(22-3)8-9-18(13)24(20,21)19(2)12-16-11-14-6-4-5-7-17(14)23-16/h4-11H,12H2,1-3H3. The summed E-state index contributed by atoms with van der Waals surface area (Å²) >= 11 is 0. The summed E-state index contributed by atoms with van der Waals surface area (Å²) in [5.41, 5.74) is 1.39. The Hall–Kier alpha value is -2.31. The first-order valence-corrected chi connectivity index (χ1v) is 8.94. The van der Waals surface area contributed by atoms with Crippen molar-refractivity contribution in [2.45, 2.75) is 18.4 Å². The topological polar surface area (TPSA) is 59.8 Å². The van der Waals surface area contributed by atoms with Gasteiger partial charge in [-0.15, -0.1) is 0 Å². The number of ether oxygens (including phenoxy) is 1. The summed E-state index contributed by atoms with van der Waals surface area (Å²) in [6, 6.07) is 14.4. The van der Waals surface area contributed by atoms with Crippen molar-refractivity contribution in [3.8, 4) is 5.75 Å². The van der Waals surface area contributed by atoms with Crippen molar-refractivity contribution >= 4 is 21.0 Å². The van der Waals surface area contributed by atoms with E-state index in [1.54, 1.807) is 39.3 Å². The molecule has 0 radical (unpaired) electrons. The molecule has 0 spiro atoms. The molecule has 24 heavy (non-hydrogen) atoms. The molecule has 0 aliphatic heterocycles. The number of aryl methyl sites for hydroxylation is 1. The maximum Gasteiger partial charge on any atom is 0.243 e. The van der Waals surface area contributed by atoms with Gasteiger partial charge in [0.05, 0.1) is 18.6 Å². The van der Waals surface area contributed by atoms with E-state index in [2.05, 4.69) is 0 Å². The van der Waals surface area contributed by atoms with Crippen molar-refractivity contribution in [3.63, 3.8) is 0 Å². The number of hydrogen-bond donors (Lipinski definition) is 0. The van der Waals surface area contributed by atoms with Gasteiger partial charge >= 0.3 is 0 Å². The maximum absolute atomic E-state index is 12.8. The van der Waals surface area contributed by atoms with E-state index in [0.29, 0.717) is 17.1 Å². The highest BCUT2D eigenvalue weighted by molar-refractivity contribution is 7.89. The molecule has 0 amide bonds. The quantitative estimate of drug-likeness (QED) is 0.709. The maximum atomic E-state index is 12.8. The third-order valence-electron chi connectivity index (χ3n) is 3.93. The molecule has 0 aliphatic rings. The van der Waals surface area contributed by atoms with Crippen LogP contribution in [-0.4, -0.2) is 26.9 Å². The van der Waals surface area contributed by atoms with Crippen molar-refractivity contribution in [2.24, 2.45) is 0 Å². The van der Waals surface area contributed by atoms with Crippen LogP contribution in [0.15, 0.2) is 57.8 Å². The molecule has 0 fully saturated rings. The molecule has 2 aromatic carbocycles. The molecule has 0 saturated heterocycles. The van der Waals surface area contributed by atoms with Gasteiger partial charge in [-0.3, -0.25) is 0 Å². The van der Waals surface area contributed by atoms with Crippen LogP contribution in [0.4, 0.5) is 0 Å². The number of rotatable bonds is 5. The van der Waals surface area contributed by atoms with Crippen LogP contribution in [-0.2, 0) is 16.6 Å². The van der Waals surface area contributed by atoms with Gasteiger partial charge in [-0.2, -0.15) is 4.31 Å². The summed E-state index contributed by atoms with van der Waals surface area (Å²) in [5, 5.41) is 0.957. The van der Waals surface area contributed by atoms with Crippen LogP contribution in [0, 0.1) is 6.92 Å². The van der Waals surface area contributed by atoms with E-state index in [-0.39, 0.29) is 11.4 Å². The number of para-hydroxylation sites is 1. The minimum Gasteiger partial charge on any atom is -0.497 e. The Bertz CT molecular complexity index is 943. The van der Waals surface area contributed by atoms with E-state index in [1.165, 1.54) is 4.31 Å². The minimum absolute atomic E-state index is 0.169. The van der Waals surface area contributed by atoms with Crippen LogP contribution in [0.3, 0.4) is 0 Å². The molecule has 0 saturated carbocycles. The summed E-state index contributed by atoms with van der Waals surface area (Å²) < 4.78 is 37.8. The lowest BCUT2D eigenvalue weighted by atomic mass is 10.2.